The number of hydrogen-bond donors (Lipinski definition) is 1. The van der Waals surface area contributed by atoms with Crippen LogP contribution in [0.25, 0.3) is 0 Å². The minimum Gasteiger partial charge on any atom is -0.491 e. The standard InChI is InChI=1S/C20H25NO4/c1-3-24-20(23)17-9-11-19(12-10-17)25-15-18(22)14-21(2)13-16-7-5-4-6-8-16/h4-12,18,22H,3,13-15H2,1-2H3. The number of aliphatic hydroxyl groups is 1. The number of esters is 1. The first-order valence-electron chi connectivity index (χ1n) is 8.39. The third kappa shape index (κ3) is 6.57. The second-order valence-electron chi connectivity index (χ2n) is 5.89. The van der Waals surface area contributed by atoms with Gasteiger partial charge in [0, 0.05) is 13.1 Å². The Balaban J connectivity index is 1.75. The molecule has 2 rings (SSSR count). The van der Waals surface area contributed by atoms with Crippen LogP contribution in [0.5, 0.6) is 5.75 Å². The Bertz CT molecular complexity index is 643. The summed E-state index contributed by atoms with van der Waals surface area (Å²) in [4.78, 5) is 13.6. The van der Waals surface area contributed by atoms with Crippen LogP contribution in [0.3, 0.4) is 0 Å². The number of hydrogen-bond acceptors (Lipinski definition) is 5. The average molecular weight is 343 g/mol. The maximum Gasteiger partial charge on any atom is 0.338 e. The molecular weight excluding hydrogens is 318 g/mol. The van der Waals surface area contributed by atoms with Gasteiger partial charge < -0.3 is 14.6 Å². The summed E-state index contributed by atoms with van der Waals surface area (Å²) in [7, 11) is 1.96. The zero-order valence-electron chi connectivity index (χ0n) is 14.7. The van der Waals surface area contributed by atoms with Crippen LogP contribution in [0, 0.1) is 0 Å². The van der Waals surface area contributed by atoms with Gasteiger partial charge in [0.25, 0.3) is 0 Å². The maximum absolute atomic E-state index is 11.6. The lowest BCUT2D eigenvalue weighted by Crippen LogP contribution is -2.32. The van der Waals surface area contributed by atoms with Crippen LogP contribution >= 0.6 is 0 Å². The second kappa shape index (κ2) is 9.81. The van der Waals surface area contributed by atoms with E-state index in [2.05, 4.69) is 12.1 Å². The monoisotopic (exact) mass is 343 g/mol. The van der Waals surface area contributed by atoms with Gasteiger partial charge in [-0.1, -0.05) is 30.3 Å². The van der Waals surface area contributed by atoms with Crippen LogP contribution in [0.1, 0.15) is 22.8 Å². The fourth-order valence-electron chi connectivity index (χ4n) is 2.47. The van der Waals surface area contributed by atoms with Crippen molar-refractivity contribution in [1.29, 1.82) is 0 Å². The zero-order chi connectivity index (χ0) is 18.1. The Kier molecular flexibility index (Phi) is 7.44. The summed E-state index contributed by atoms with van der Waals surface area (Å²) in [6, 6.07) is 16.8. The van der Waals surface area contributed by atoms with E-state index in [0.29, 0.717) is 24.5 Å². The van der Waals surface area contributed by atoms with E-state index in [-0.39, 0.29) is 12.6 Å². The van der Waals surface area contributed by atoms with Crippen molar-refractivity contribution >= 4 is 5.97 Å². The van der Waals surface area contributed by atoms with E-state index < -0.39 is 6.10 Å². The molecule has 25 heavy (non-hydrogen) atoms. The lowest BCUT2D eigenvalue weighted by Gasteiger charge is -2.21. The molecular formula is C20H25NO4. The fraction of sp³-hybridized carbons (Fsp3) is 0.350. The summed E-state index contributed by atoms with van der Waals surface area (Å²) < 4.78 is 10.5. The highest BCUT2D eigenvalue weighted by Crippen LogP contribution is 2.13. The summed E-state index contributed by atoms with van der Waals surface area (Å²) in [5, 5.41) is 10.1. The van der Waals surface area contributed by atoms with E-state index in [4.69, 9.17) is 9.47 Å². The predicted molar refractivity (Wildman–Crippen MR) is 96.7 cm³/mol. The van der Waals surface area contributed by atoms with Crippen LogP contribution in [0.2, 0.25) is 0 Å². The number of carbonyl (C=O) groups is 1. The highest BCUT2D eigenvalue weighted by Gasteiger charge is 2.11. The number of ether oxygens (including phenoxy) is 2. The molecule has 0 amide bonds. The molecule has 1 unspecified atom stereocenters. The van der Waals surface area contributed by atoms with Crippen LogP contribution in [-0.2, 0) is 11.3 Å². The second-order valence-corrected chi connectivity index (χ2v) is 5.89. The smallest absolute Gasteiger partial charge is 0.338 e. The molecule has 0 aliphatic heterocycles. The van der Waals surface area contributed by atoms with Crippen molar-refractivity contribution in [1.82, 2.24) is 4.90 Å². The van der Waals surface area contributed by atoms with Crippen molar-refractivity contribution in [2.75, 3.05) is 26.8 Å². The predicted octanol–water partition coefficient (Wildman–Crippen LogP) is 2.74. The van der Waals surface area contributed by atoms with Crippen molar-refractivity contribution < 1.29 is 19.4 Å². The molecule has 1 N–H and O–H groups in total. The van der Waals surface area contributed by atoms with E-state index >= 15 is 0 Å². The van der Waals surface area contributed by atoms with E-state index in [1.54, 1.807) is 31.2 Å². The first-order valence-corrected chi connectivity index (χ1v) is 8.39. The number of carbonyl (C=O) groups excluding carboxylic acids is 1. The summed E-state index contributed by atoms with van der Waals surface area (Å²) >= 11 is 0. The molecule has 0 saturated heterocycles. The molecule has 0 saturated carbocycles. The Hall–Kier alpha value is -2.37. The van der Waals surface area contributed by atoms with Gasteiger partial charge in [-0.25, -0.2) is 4.79 Å². The van der Waals surface area contributed by atoms with Gasteiger partial charge in [0.15, 0.2) is 0 Å². The molecule has 0 aromatic heterocycles. The first kappa shape index (κ1) is 19.0. The van der Waals surface area contributed by atoms with Crippen LogP contribution < -0.4 is 4.74 Å². The van der Waals surface area contributed by atoms with Gasteiger partial charge in [-0.2, -0.15) is 0 Å². The van der Waals surface area contributed by atoms with Gasteiger partial charge in [-0.05, 0) is 43.8 Å². The number of likely N-dealkylation sites (N-methyl/N-ethyl adjacent to an activating group) is 1. The minimum atomic E-state index is -0.599. The molecule has 0 aliphatic carbocycles. The summed E-state index contributed by atoms with van der Waals surface area (Å²) in [6.07, 6.45) is -0.599. The molecule has 0 radical (unpaired) electrons. The quantitative estimate of drug-likeness (QED) is 0.710. The normalized spacial score (nSPS) is 12.0. The number of benzene rings is 2. The molecule has 0 fully saturated rings. The molecule has 5 nitrogen and oxygen atoms in total. The maximum atomic E-state index is 11.6. The van der Waals surface area contributed by atoms with Crippen molar-refractivity contribution in [3.05, 3.63) is 65.7 Å². The first-order chi connectivity index (χ1) is 12.1. The van der Waals surface area contributed by atoms with Crippen molar-refractivity contribution in [3.63, 3.8) is 0 Å². The molecule has 1 atom stereocenters. The lowest BCUT2D eigenvalue weighted by atomic mass is 10.2. The Morgan fingerprint density at radius 3 is 2.44 bits per heavy atom. The molecule has 0 heterocycles. The van der Waals surface area contributed by atoms with E-state index in [1.807, 2.05) is 30.1 Å². The Labute approximate surface area is 148 Å². The Morgan fingerprint density at radius 2 is 1.80 bits per heavy atom. The van der Waals surface area contributed by atoms with Crippen molar-refractivity contribution in [2.45, 2.75) is 19.6 Å². The Morgan fingerprint density at radius 1 is 1.12 bits per heavy atom. The average Bonchev–Trinajstić information content (AvgIpc) is 2.61. The summed E-state index contributed by atoms with van der Waals surface area (Å²) in [5.74, 6) is 0.259. The van der Waals surface area contributed by atoms with Gasteiger partial charge >= 0.3 is 5.97 Å². The van der Waals surface area contributed by atoms with Gasteiger partial charge in [0.1, 0.15) is 18.5 Å². The van der Waals surface area contributed by atoms with E-state index in [9.17, 15) is 9.90 Å². The molecule has 134 valence electrons. The molecule has 2 aromatic carbocycles. The topological polar surface area (TPSA) is 59.0 Å². The van der Waals surface area contributed by atoms with E-state index in [0.717, 1.165) is 6.54 Å². The third-order valence-corrected chi connectivity index (χ3v) is 3.63. The molecule has 2 aromatic rings. The van der Waals surface area contributed by atoms with Crippen molar-refractivity contribution in [2.24, 2.45) is 0 Å². The number of aliphatic hydroxyl groups excluding tert-OH is 1. The summed E-state index contributed by atoms with van der Waals surface area (Å²) in [5.41, 5.74) is 1.69. The van der Waals surface area contributed by atoms with Crippen LogP contribution in [0.4, 0.5) is 0 Å². The van der Waals surface area contributed by atoms with Gasteiger partial charge in [-0.15, -0.1) is 0 Å². The molecule has 0 aliphatic rings. The fourth-order valence-corrected chi connectivity index (χ4v) is 2.47. The van der Waals surface area contributed by atoms with Crippen LogP contribution in [0.15, 0.2) is 54.6 Å². The zero-order valence-corrected chi connectivity index (χ0v) is 14.7. The molecule has 0 bridgehead atoms. The third-order valence-electron chi connectivity index (χ3n) is 3.63. The highest BCUT2D eigenvalue weighted by molar-refractivity contribution is 5.89. The molecule has 0 spiro atoms. The van der Waals surface area contributed by atoms with Crippen molar-refractivity contribution in [3.8, 4) is 5.75 Å². The molecule has 5 heteroatoms. The largest absolute Gasteiger partial charge is 0.491 e. The highest BCUT2D eigenvalue weighted by atomic mass is 16.5. The van der Waals surface area contributed by atoms with Crippen LogP contribution in [-0.4, -0.2) is 48.9 Å². The SMILES string of the molecule is CCOC(=O)c1ccc(OCC(O)CN(C)Cc2ccccc2)cc1. The lowest BCUT2D eigenvalue weighted by molar-refractivity contribution is 0.0525. The van der Waals surface area contributed by atoms with E-state index in [1.165, 1.54) is 5.56 Å². The number of nitrogens with zero attached hydrogens (tertiary/aromatic N) is 1. The van der Waals surface area contributed by atoms with Gasteiger partial charge in [0.2, 0.25) is 0 Å². The summed E-state index contributed by atoms with van der Waals surface area (Å²) in [6.45, 7) is 3.59. The minimum absolute atomic E-state index is 0.192. The number of rotatable bonds is 9. The van der Waals surface area contributed by atoms with Gasteiger partial charge in [0.05, 0.1) is 12.2 Å². The van der Waals surface area contributed by atoms with Gasteiger partial charge in [-0.3, -0.25) is 4.90 Å².